The highest BCUT2D eigenvalue weighted by atomic mass is 31.2. The molecule has 0 bridgehead atoms. The third kappa shape index (κ3) is 19.7. The second-order valence-electron chi connectivity index (χ2n) is 11.1. The maximum absolute atomic E-state index is 12.1. The van der Waals surface area contributed by atoms with Gasteiger partial charge in [-0.25, -0.2) is 0 Å². The minimum atomic E-state index is -4.33. The van der Waals surface area contributed by atoms with Gasteiger partial charge in [-0.15, -0.1) is 0 Å². The Hall–Kier alpha value is -0.0100. The third-order valence-corrected chi connectivity index (χ3v) is 7.58. The molecule has 8 heteroatoms. The molecule has 1 unspecified atom stereocenters. The zero-order valence-corrected chi connectivity index (χ0v) is 24.2. The van der Waals surface area contributed by atoms with Crippen molar-refractivity contribution in [2.45, 2.75) is 122 Å². The van der Waals surface area contributed by atoms with E-state index >= 15 is 0 Å². The van der Waals surface area contributed by atoms with Gasteiger partial charge in [0.05, 0.1) is 33.9 Å². The molecular weight excluding hydrogens is 465 g/mol. The molecule has 0 aromatic heterocycles. The number of unbranched alkanes of at least 4 members (excludes halogenated alkanes) is 13. The van der Waals surface area contributed by atoms with Crippen molar-refractivity contribution in [1.29, 1.82) is 0 Å². The molecule has 0 saturated carbocycles. The minimum Gasteiger partial charge on any atom is -0.756 e. The van der Waals surface area contributed by atoms with Crippen LogP contribution in [-0.2, 0) is 23.1 Å². The van der Waals surface area contributed by atoms with Crippen molar-refractivity contribution in [1.82, 2.24) is 0 Å². The molecular formula is C27H56NO6P. The lowest BCUT2D eigenvalue weighted by Crippen LogP contribution is -2.40. The van der Waals surface area contributed by atoms with Gasteiger partial charge in [0.25, 0.3) is 7.82 Å². The number of phosphoric ester groups is 1. The normalized spacial score (nSPS) is 20.7. The van der Waals surface area contributed by atoms with E-state index < -0.39 is 7.82 Å². The van der Waals surface area contributed by atoms with Crippen molar-refractivity contribution in [2.75, 3.05) is 54.1 Å². The van der Waals surface area contributed by atoms with Crippen LogP contribution in [0.25, 0.3) is 0 Å². The van der Waals surface area contributed by atoms with Crippen LogP contribution >= 0.6 is 7.82 Å². The van der Waals surface area contributed by atoms with Crippen LogP contribution in [-0.4, -0.2) is 70.8 Å². The van der Waals surface area contributed by atoms with E-state index in [1.54, 1.807) is 0 Å². The lowest BCUT2D eigenvalue weighted by molar-refractivity contribution is -0.870. The summed E-state index contributed by atoms with van der Waals surface area (Å²) < 4.78 is 34.6. The summed E-state index contributed by atoms with van der Waals surface area (Å²) in [5.74, 6) is 0. The fourth-order valence-corrected chi connectivity index (χ4v) is 5.03. The van der Waals surface area contributed by atoms with Gasteiger partial charge in [0.2, 0.25) is 0 Å². The number of rotatable bonds is 23. The van der Waals surface area contributed by atoms with Crippen LogP contribution in [0.3, 0.4) is 0 Å². The van der Waals surface area contributed by atoms with E-state index in [-0.39, 0.29) is 25.4 Å². The Morgan fingerprint density at radius 3 is 1.91 bits per heavy atom. The molecule has 0 aliphatic carbocycles. The Morgan fingerprint density at radius 1 is 0.829 bits per heavy atom. The van der Waals surface area contributed by atoms with Gasteiger partial charge in [0, 0.05) is 13.2 Å². The standard InChI is InChI=1S/C27H56NO6P/c1-5-6-7-8-9-10-11-12-13-14-15-16-17-18-22-31-26-20-19-23-32-27(26)25-34-35(29,30)33-24-21-28(2,3)4/h26-27H,5-25H2,1-4H3/t26-,27-/m0/s1. The van der Waals surface area contributed by atoms with Crippen LogP contribution in [0, 0.1) is 0 Å². The Morgan fingerprint density at radius 2 is 1.37 bits per heavy atom. The van der Waals surface area contributed by atoms with Gasteiger partial charge in [-0.2, -0.15) is 0 Å². The molecule has 1 aliphatic heterocycles. The smallest absolute Gasteiger partial charge is 0.268 e. The van der Waals surface area contributed by atoms with E-state index in [0.29, 0.717) is 24.2 Å². The monoisotopic (exact) mass is 521 g/mol. The molecule has 0 aromatic carbocycles. The fraction of sp³-hybridized carbons (Fsp3) is 1.00. The molecule has 0 aromatic rings. The summed E-state index contributed by atoms with van der Waals surface area (Å²) in [4.78, 5) is 12.1. The Balaban J connectivity index is 2.04. The number of hydrogen-bond donors (Lipinski definition) is 0. The van der Waals surface area contributed by atoms with E-state index in [1.165, 1.54) is 83.5 Å². The molecule has 210 valence electrons. The number of hydrogen-bond acceptors (Lipinski definition) is 6. The van der Waals surface area contributed by atoms with Crippen molar-refractivity contribution in [3.63, 3.8) is 0 Å². The predicted molar refractivity (Wildman–Crippen MR) is 141 cm³/mol. The average Bonchev–Trinajstić information content (AvgIpc) is 2.80. The van der Waals surface area contributed by atoms with E-state index in [9.17, 15) is 9.46 Å². The van der Waals surface area contributed by atoms with Crippen molar-refractivity contribution in [2.24, 2.45) is 0 Å². The van der Waals surface area contributed by atoms with Crippen LogP contribution < -0.4 is 4.89 Å². The van der Waals surface area contributed by atoms with Crippen molar-refractivity contribution >= 4 is 7.82 Å². The second kappa shape index (κ2) is 20.0. The maximum Gasteiger partial charge on any atom is 0.268 e. The number of ether oxygens (including phenoxy) is 2. The quantitative estimate of drug-likeness (QED) is 0.0900. The first-order chi connectivity index (χ1) is 16.7. The first-order valence-electron chi connectivity index (χ1n) is 14.4. The van der Waals surface area contributed by atoms with Crippen LogP contribution in [0.4, 0.5) is 0 Å². The highest BCUT2D eigenvalue weighted by molar-refractivity contribution is 7.45. The largest absolute Gasteiger partial charge is 0.756 e. The van der Waals surface area contributed by atoms with Gasteiger partial charge in [-0.05, 0) is 19.3 Å². The van der Waals surface area contributed by atoms with Crippen molar-refractivity contribution in [3.8, 4) is 0 Å². The lowest BCUT2D eigenvalue weighted by Gasteiger charge is -2.33. The molecule has 0 spiro atoms. The van der Waals surface area contributed by atoms with Crippen LogP contribution in [0.2, 0.25) is 0 Å². The van der Waals surface area contributed by atoms with E-state index in [2.05, 4.69) is 6.92 Å². The van der Waals surface area contributed by atoms with Crippen LogP contribution in [0.1, 0.15) is 110 Å². The number of phosphoric acid groups is 1. The van der Waals surface area contributed by atoms with Crippen molar-refractivity contribution < 1.29 is 32.5 Å². The Labute approximate surface area is 216 Å². The molecule has 0 amide bonds. The number of nitrogens with zero attached hydrogens (tertiary/aromatic N) is 1. The molecule has 35 heavy (non-hydrogen) atoms. The molecule has 0 N–H and O–H groups in total. The Kier molecular flexibility index (Phi) is 18.9. The fourth-order valence-electron chi connectivity index (χ4n) is 4.32. The second-order valence-corrected chi connectivity index (χ2v) is 12.6. The highest BCUT2D eigenvalue weighted by Crippen LogP contribution is 2.39. The molecule has 0 radical (unpaired) electrons. The SMILES string of the molecule is CCCCCCCCCCCCCCCCO[C@H]1CCCO[C@H]1COP(=O)([O-])OCC[N+](C)(C)C. The predicted octanol–water partition coefficient (Wildman–Crippen LogP) is 6.24. The molecule has 1 fully saturated rings. The van der Waals surface area contributed by atoms with Crippen molar-refractivity contribution in [3.05, 3.63) is 0 Å². The van der Waals surface area contributed by atoms with Gasteiger partial charge in [-0.3, -0.25) is 4.57 Å². The zero-order valence-electron chi connectivity index (χ0n) is 23.3. The molecule has 7 nitrogen and oxygen atoms in total. The number of quaternary nitrogens is 1. The molecule has 1 saturated heterocycles. The van der Waals surface area contributed by atoms with Crippen LogP contribution in [0.5, 0.6) is 0 Å². The molecule has 1 heterocycles. The highest BCUT2D eigenvalue weighted by Gasteiger charge is 2.28. The van der Waals surface area contributed by atoms with Gasteiger partial charge in [-0.1, -0.05) is 90.4 Å². The molecule has 1 rings (SSSR count). The summed E-state index contributed by atoms with van der Waals surface area (Å²) in [7, 11) is 1.62. The number of likely N-dealkylation sites (N-methyl/N-ethyl adjacent to an activating group) is 1. The van der Waals surface area contributed by atoms with Gasteiger partial charge in [0.1, 0.15) is 19.3 Å². The summed E-state index contributed by atoms with van der Waals surface area (Å²) >= 11 is 0. The van der Waals surface area contributed by atoms with E-state index in [4.69, 9.17) is 18.5 Å². The van der Waals surface area contributed by atoms with Gasteiger partial charge in [0.15, 0.2) is 0 Å². The first kappa shape index (κ1) is 33.0. The summed E-state index contributed by atoms with van der Waals surface area (Å²) in [5.41, 5.74) is 0. The summed E-state index contributed by atoms with van der Waals surface area (Å²) in [6.07, 6.45) is 20.0. The zero-order chi connectivity index (χ0) is 25.8. The van der Waals surface area contributed by atoms with Gasteiger partial charge >= 0.3 is 0 Å². The maximum atomic E-state index is 12.1. The van der Waals surface area contributed by atoms with E-state index in [1.807, 2.05) is 21.1 Å². The van der Waals surface area contributed by atoms with Crippen LogP contribution in [0.15, 0.2) is 0 Å². The van der Waals surface area contributed by atoms with Gasteiger partial charge < -0.3 is 27.9 Å². The summed E-state index contributed by atoms with van der Waals surface area (Å²) in [6.45, 7) is 4.22. The summed E-state index contributed by atoms with van der Waals surface area (Å²) in [6, 6.07) is 0. The molecule has 3 atom stereocenters. The average molecular weight is 522 g/mol. The summed E-state index contributed by atoms with van der Waals surface area (Å²) in [5, 5.41) is 0. The van der Waals surface area contributed by atoms with E-state index in [0.717, 1.165) is 19.3 Å². The third-order valence-electron chi connectivity index (χ3n) is 6.62. The lowest BCUT2D eigenvalue weighted by atomic mass is 10.0. The Bertz CT molecular complexity index is 542. The minimum absolute atomic E-state index is 0.0471. The first-order valence-corrected chi connectivity index (χ1v) is 15.8. The molecule has 1 aliphatic rings. The topological polar surface area (TPSA) is 77.1 Å².